The number of nitrogens with zero attached hydrogens (tertiary/aromatic N) is 3. The fraction of sp³-hybridized carbons (Fsp3) is 0.143. The Morgan fingerprint density at radius 3 is 2.25 bits per heavy atom. The molecule has 0 aromatic heterocycles. The first kappa shape index (κ1) is 8.55. The standard InChI is InChI=1S/C7H9N5/c8-7(9)5-1-3-6(4-2-5)11-12-10/h1-4,7H,8-9H2. The van der Waals surface area contributed by atoms with Crippen molar-refractivity contribution in [3.8, 4) is 0 Å². The molecule has 1 aromatic carbocycles. The predicted octanol–water partition coefficient (Wildman–Crippen LogP) is 1.54. The van der Waals surface area contributed by atoms with E-state index in [0.29, 0.717) is 5.69 Å². The highest BCUT2D eigenvalue weighted by molar-refractivity contribution is 5.39. The topological polar surface area (TPSA) is 101 Å². The summed E-state index contributed by atoms with van der Waals surface area (Å²) in [7, 11) is 0. The molecule has 0 amide bonds. The minimum atomic E-state index is -0.481. The molecule has 0 saturated heterocycles. The number of benzene rings is 1. The van der Waals surface area contributed by atoms with E-state index in [-0.39, 0.29) is 0 Å². The SMILES string of the molecule is [N-]=[N+]=Nc1ccc(C(N)N)cc1. The Morgan fingerprint density at radius 2 is 1.83 bits per heavy atom. The third kappa shape index (κ3) is 1.96. The molecule has 0 fully saturated rings. The molecule has 5 nitrogen and oxygen atoms in total. The lowest BCUT2D eigenvalue weighted by atomic mass is 10.2. The van der Waals surface area contributed by atoms with E-state index in [1.165, 1.54) is 0 Å². The Labute approximate surface area is 69.6 Å². The number of hydrogen-bond donors (Lipinski definition) is 2. The van der Waals surface area contributed by atoms with E-state index in [4.69, 9.17) is 17.0 Å². The van der Waals surface area contributed by atoms with Crippen LogP contribution in [0.25, 0.3) is 10.4 Å². The molecule has 12 heavy (non-hydrogen) atoms. The molecule has 0 bridgehead atoms. The Balaban J connectivity index is 2.92. The van der Waals surface area contributed by atoms with Crippen molar-refractivity contribution in [1.82, 2.24) is 0 Å². The van der Waals surface area contributed by atoms with Gasteiger partial charge in [0.1, 0.15) is 0 Å². The summed E-state index contributed by atoms with van der Waals surface area (Å²) in [6.07, 6.45) is -0.481. The summed E-state index contributed by atoms with van der Waals surface area (Å²) in [4.78, 5) is 2.64. The average molecular weight is 163 g/mol. The fourth-order valence-corrected chi connectivity index (χ4v) is 0.815. The quantitative estimate of drug-likeness (QED) is 0.299. The zero-order chi connectivity index (χ0) is 8.97. The minimum absolute atomic E-state index is 0.481. The monoisotopic (exact) mass is 163 g/mol. The minimum Gasteiger partial charge on any atom is -0.312 e. The summed E-state index contributed by atoms with van der Waals surface area (Å²) in [6, 6.07) is 6.80. The Kier molecular flexibility index (Phi) is 2.66. The molecule has 0 spiro atoms. The maximum Gasteiger partial charge on any atom is 0.0784 e. The highest BCUT2D eigenvalue weighted by atomic mass is 15.1. The largest absolute Gasteiger partial charge is 0.312 e. The van der Waals surface area contributed by atoms with Crippen LogP contribution in [0.5, 0.6) is 0 Å². The second kappa shape index (κ2) is 3.73. The maximum atomic E-state index is 8.11. The van der Waals surface area contributed by atoms with Gasteiger partial charge in [0.05, 0.1) is 6.17 Å². The van der Waals surface area contributed by atoms with Gasteiger partial charge in [-0.15, -0.1) is 0 Å². The van der Waals surface area contributed by atoms with Crippen LogP contribution in [0.15, 0.2) is 29.4 Å². The van der Waals surface area contributed by atoms with Crippen LogP contribution in [0.1, 0.15) is 11.7 Å². The lowest BCUT2D eigenvalue weighted by Gasteiger charge is -2.04. The van der Waals surface area contributed by atoms with Gasteiger partial charge in [-0.3, -0.25) is 0 Å². The van der Waals surface area contributed by atoms with Crippen molar-refractivity contribution in [2.24, 2.45) is 16.6 Å². The number of nitrogens with two attached hydrogens (primary N) is 2. The van der Waals surface area contributed by atoms with Gasteiger partial charge in [0.2, 0.25) is 0 Å². The number of azide groups is 1. The summed E-state index contributed by atoms with van der Waals surface area (Å²) >= 11 is 0. The third-order valence-corrected chi connectivity index (χ3v) is 1.44. The number of rotatable bonds is 2. The summed E-state index contributed by atoms with van der Waals surface area (Å²) in [6.45, 7) is 0. The van der Waals surface area contributed by atoms with E-state index in [9.17, 15) is 0 Å². The van der Waals surface area contributed by atoms with Crippen molar-refractivity contribution in [3.05, 3.63) is 40.3 Å². The van der Waals surface area contributed by atoms with Crippen LogP contribution in [0.2, 0.25) is 0 Å². The van der Waals surface area contributed by atoms with Crippen LogP contribution in [0.4, 0.5) is 5.69 Å². The molecular formula is C7H9N5. The first-order valence-corrected chi connectivity index (χ1v) is 3.40. The van der Waals surface area contributed by atoms with E-state index < -0.39 is 6.17 Å². The van der Waals surface area contributed by atoms with Crippen molar-refractivity contribution < 1.29 is 0 Å². The van der Waals surface area contributed by atoms with Gasteiger partial charge in [-0.1, -0.05) is 29.4 Å². The zero-order valence-corrected chi connectivity index (χ0v) is 6.38. The van der Waals surface area contributed by atoms with E-state index in [0.717, 1.165) is 5.56 Å². The van der Waals surface area contributed by atoms with Crippen LogP contribution in [0.3, 0.4) is 0 Å². The van der Waals surface area contributed by atoms with Gasteiger partial charge in [-0.05, 0) is 11.1 Å². The molecule has 0 aliphatic heterocycles. The second-order valence-corrected chi connectivity index (χ2v) is 2.31. The summed E-state index contributed by atoms with van der Waals surface area (Å²) in [5, 5.41) is 3.41. The van der Waals surface area contributed by atoms with Gasteiger partial charge >= 0.3 is 0 Å². The zero-order valence-electron chi connectivity index (χ0n) is 6.38. The van der Waals surface area contributed by atoms with Crippen LogP contribution in [-0.2, 0) is 0 Å². The summed E-state index contributed by atoms with van der Waals surface area (Å²) in [5.74, 6) is 0. The van der Waals surface area contributed by atoms with Crippen molar-refractivity contribution in [2.75, 3.05) is 0 Å². The molecule has 0 saturated carbocycles. The molecule has 5 heteroatoms. The van der Waals surface area contributed by atoms with Crippen molar-refractivity contribution >= 4 is 5.69 Å². The van der Waals surface area contributed by atoms with Crippen LogP contribution in [-0.4, -0.2) is 0 Å². The Morgan fingerprint density at radius 1 is 1.25 bits per heavy atom. The molecule has 62 valence electrons. The molecule has 0 heterocycles. The van der Waals surface area contributed by atoms with Gasteiger partial charge in [0.15, 0.2) is 0 Å². The molecule has 1 rings (SSSR count). The van der Waals surface area contributed by atoms with Crippen molar-refractivity contribution in [1.29, 1.82) is 0 Å². The van der Waals surface area contributed by atoms with Crippen LogP contribution < -0.4 is 11.5 Å². The molecule has 0 aliphatic rings. The molecule has 1 aromatic rings. The highest BCUT2D eigenvalue weighted by Crippen LogP contribution is 2.14. The summed E-state index contributed by atoms with van der Waals surface area (Å²) in [5.41, 5.74) is 20.3. The van der Waals surface area contributed by atoms with Gasteiger partial charge in [-0.25, -0.2) is 0 Å². The second-order valence-electron chi connectivity index (χ2n) is 2.31. The Hall–Kier alpha value is -1.55. The fourth-order valence-electron chi connectivity index (χ4n) is 0.815. The van der Waals surface area contributed by atoms with Crippen LogP contribution in [0, 0.1) is 0 Å². The normalized spacial score (nSPS) is 9.58. The van der Waals surface area contributed by atoms with Gasteiger partial charge in [0, 0.05) is 10.6 Å². The molecule has 0 aliphatic carbocycles. The first-order valence-electron chi connectivity index (χ1n) is 3.40. The van der Waals surface area contributed by atoms with E-state index in [1.807, 2.05) is 0 Å². The van der Waals surface area contributed by atoms with Crippen LogP contribution >= 0.6 is 0 Å². The third-order valence-electron chi connectivity index (χ3n) is 1.44. The molecule has 0 unspecified atom stereocenters. The highest BCUT2D eigenvalue weighted by Gasteiger charge is 1.97. The maximum absolute atomic E-state index is 8.11. The molecular weight excluding hydrogens is 154 g/mol. The van der Waals surface area contributed by atoms with Gasteiger partial charge < -0.3 is 11.5 Å². The number of hydrogen-bond acceptors (Lipinski definition) is 3. The summed E-state index contributed by atoms with van der Waals surface area (Å²) < 4.78 is 0. The average Bonchev–Trinajstić information content (AvgIpc) is 2.06. The first-order chi connectivity index (χ1) is 5.74. The van der Waals surface area contributed by atoms with Gasteiger partial charge in [0.25, 0.3) is 0 Å². The smallest absolute Gasteiger partial charge is 0.0784 e. The van der Waals surface area contributed by atoms with Crippen molar-refractivity contribution in [2.45, 2.75) is 6.17 Å². The lowest BCUT2D eigenvalue weighted by molar-refractivity contribution is 0.774. The molecule has 4 N–H and O–H groups in total. The lowest BCUT2D eigenvalue weighted by Crippen LogP contribution is -2.19. The Bertz CT molecular complexity index is 296. The predicted molar refractivity (Wildman–Crippen MR) is 46.4 cm³/mol. The van der Waals surface area contributed by atoms with Crippen molar-refractivity contribution in [3.63, 3.8) is 0 Å². The van der Waals surface area contributed by atoms with Gasteiger partial charge in [-0.2, -0.15) is 0 Å². The molecule has 0 atom stereocenters. The van der Waals surface area contributed by atoms with E-state index in [1.54, 1.807) is 24.3 Å². The van der Waals surface area contributed by atoms with E-state index >= 15 is 0 Å². The van der Waals surface area contributed by atoms with E-state index in [2.05, 4.69) is 10.0 Å². The molecule has 0 radical (unpaired) electrons.